The topological polar surface area (TPSA) is 97.0 Å². The number of thioether (sulfide) groups is 1. The lowest BCUT2D eigenvalue weighted by Gasteiger charge is -2.26. The molecular weight excluding hydrogens is 462 g/mol. The van der Waals surface area contributed by atoms with Crippen molar-refractivity contribution < 1.29 is 22.7 Å². The summed E-state index contributed by atoms with van der Waals surface area (Å²) in [4.78, 5) is 12.6. The molecule has 1 amide bonds. The van der Waals surface area contributed by atoms with Crippen LogP contribution in [0, 0.1) is 13.8 Å². The van der Waals surface area contributed by atoms with E-state index in [9.17, 15) is 13.2 Å². The number of nitrogens with one attached hydrogen (secondary N) is 2. The van der Waals surface area contributed by atoms with Crippen molar-refractivity contribution in [1.82, 2.24) is 14.9 Å². The van der Waals surface area contributed by atoms with Gasteiger partial charge in [-0.05, 0) is 54.8 Å². The van der Waals surface area contributed by atoms with Gasteiger partial charge in [-0.1, -0.05) is 18.2 Å². The second-order valence-electron chi connectivity index (χ2n) is 8.20. The average molecular weight is 492 g/mol. The van der Waals surface area contributed by atoms with E-state index in [1.54, 1.807) is 23.9 Å². The number of carbonyl (C=O) groups is 1. The summed E-state index contributed by atoms with van der Waals surface area (Å²) in [6, 6.07) is 12.8. The first kappa shape index (κ1) is 24.0. The summed E-state index contributed by atoms with van der Waals surface area (Å²) in [6.07, 6.45) is 0. The van der Waals surface area contributed by atoms with Gasteiger partial charge in [-0.25, -0.2) is 8.42 Å². The molecule has 2 fully saturated rings. The second-order valence-corrected chi connectivity index (χ2v) is 11.3. The summed E-state index contributed by atoms with van der Waals surface area (Å²) in [5, 5.41) is 6.31. The molecule has 8 nitrogen and oxygen atoms in total. The number of benzene rings is 2. The number of ether oxygens (including phenoxy) is 2. The molecule has 0 aromatic heterocycles. The Morgan fingerprint density at radius 1 is 1.15 bits per heavy atom. The molecule has 10 heteroatoms. The van der Waals surface area contributed by atoms with Gasteiger partial charge in [-0.15, -0.1) is 11.8 Å². The molecule has 2 atom stereocenters. The Hall–Kier alpha value is -2.11. The van der Waals surface area contributed by atoms with Gasteiger partial charge in [0.25, 0.3) is 5.91 Å². The van der Waals surface area contributed by atoms with Gasteiger partial charge >= 0.3 is 0 Å². The zero-order chi connectivity index (χ0) is 23.4. The molecule has 0 spiro atoms. The van der Waals surface area contributed by atoms with Crippen LogP contribution in [0.3, 0.4) is 0 Å². The van der Waals surface area contributed by atoms with Crippen molar-refractivity contribution >= 4 is 27.7 Å². The lowest BCUT2D eigenvalue weighted by atomic mass is 10.1. The molecule has 2 aromatic carbocycles. The summed E-state index contributed by atoms with van der Waals surface area (Å²) in [5.41, 5.74) is 2.92. The van der Waals surface area contributed by atoms with E-state index in [0.717, 1.165) is 22.4 Å². The van der Waals surface area contributed by atoms with Gasteiger partial charge in [0.05, 0.1) is 18.1 Å². The van der Waals surface area contributed by atoms with Gasteiger partial charge in [0, 0.05) is 24.9 Å². The molecule has 2 aliphatic heterocycles. The Labute approximate surface area is 199 Å². The maximum Gasteiger partial charge on any atom is 0.259 e. The van der Waals surface area contributed by atoms with Gasteiger partial charge in [0.15, 0.2) is 6.61 Å². The van der Waals surface area contributed by atoms with Crippen LogP contribution in [0.1, 0.15) is 22.7 Å². The lowest BCUT2D eigenvalue weighted by molar-refractivity contribution is -0.123. The van der Waals surface area contributed by atoms with Gasteiger partial charge < -0.3 is 14.8 Å². The van der Waals surface area contributed by atoms with Crippen LogP contribution >= 0.6 is 11.8 Å². The number of rotatable bonds is 7. The van der Waals surface area contributed by atoms with E-state index in [2.05, 4.69) is 16.7 Å². The Balaban J connectivity index is 1.29. The fraction of sp³-hybridized carbons (Fsp3) is 0.435. The summed E-state index contributed by atoms with van der Waals surface area (Å²) in [5.74, 6) is 1.24. The minimum atomic E-state index is -3.51. The van der Waals surface area contributed by atoms with Crippen LogP contribution < -0.4 is 15.4 Å². The number of morpholine rings is 1. The van der Waals surface area contributed by atoms with Gasteiger partial charge in [0.1, 0.15) is 11.2 Å². The second kappa shape index (κ2) is 10.4. The van der Waals surface area contributed by atoms with Gasteiger partial charge in [0.2, 0.25) is 10.0 Å². The smallest absolute Gasteiger partial charge is 0.259 e. The van der Waals surface area contributed by atoms with Crippen molar-refractivity contribution in [3.05, 3.63) is 59.2 Å². The van der Waals surface area contributed by atoms with Crippen LogP contribution in [0.5, 0.6) is 5.75 Å². The Morgan fingerprint density at radius 3 is 2.48 bits per heavy atom. The normalized spacial score (nSPS) is 21.6. The summed E-state index contributed by atoms with van der Waals surface area (Å²) in [6.45, 7) is 5.51. The van der Waals surface area contributed by atoms with Crippen molar-refractivity contribution in [2.45, 2.75) is 30.3 Å². The SMILES string of the molecule is Cc1cc(C)cc(OCC(=O)NC2NC(c3ccc(S(=O)(=O)N4CCOCC4)cc3)CS2)c1. The zero-order valence-electron chi connectivity index (χ0n) is 18.7. The molecule has 33 heavy (non-hydrogen) atoms. The maximum absolute atomic E-state index is 12.8. The highest BCUT2D eigenvalue weighted by Crippen LogP contribution is 2.29. The quantitative estimate of drug-likeness (QED) is 0.613. The van der Waals surface area contributed by atoms with E-state index in [-0.39, 0.29) is 28.9 Å². The number of amides is 1. The molecule has 2 unspecified atom stereocenters. The highest BCUT2D eigenvalue weighted by atomic mass is 32.2. The predicted molar refractivity (Wildman–Crippen MR) is 128 cm³/mol. The summed E-state index contributed by atoms with van der Waals surface area (Å²) >= 11 is 1.59. The Bertz CT molecular complexity index is 1070. The molecule has 2 aromatic rings. The molecule has 4 rings (SSSR count). The van der Waals surface area contributed by atoms with Crippen LogP contribution in [-0.2, 0) is 19.6 Å². The Morgan fingerprint density at radius 2 is 1.82 bits per heavy atom. The van der Waals surface area contributed by atoms with Crippen LogP contribution in [0.4, 0.5) is 0 Å². The average Bonchev–Trinajstić information content (AvgIpc) is 3.26. The monoisotopic (exact) mass is 491 g/mol. The molecular formula is C23H29N3O5S2. The van der Waals surface area contributed by atoms with Crippen molar-refractivity contribution in [3.8, 4) is 5.75 Å². The highest BCUT2D eigenvalue weighted by Gasteiger charge is 2.29. The first-order chi connectivity index (χ1) is 15.8. The molecule has 0 bridgehead atoms. The third-order valence-electron chi connectivity index (χ3n) is 5.53. The van der Waals surface area contributed by atoms with Crippen molar-refractivity contribution in [2.75, 3.05) is 38.7 Å². The fourth-order valence-corrected chi connectivity index (χ4v) is 6.47. The van der Waals surface area contributed by atoms with Crippen LogP contribution in [0.15, 0.2) is 47.4 Å². The van der Waals surface area contributed by atoms with E-state index in [1.165, 1.54) is 4.31 Å². The largest absolute Gasteiger partial charge is 0.484 e. The van der Waals surface area contributed by atoms with E-state index < -0.39 is 10.0 Å². The standard InChI is InChI=1S/C23H29N3O5S2/c1-16-11-17(2)13-19(12-16)31-14-22(27)25-23-24-21(15-32-23)18-3-5-20(6-4-18)33(28,29)26-7-9-30-10-8-26/h3-6,11-13,21,23-24H,7-10,14-15H2,1-2H3,(H,25,27). The summed E-state index contributed by atoms with van der Waals surface area (Å²) < 4.78 is 37.9. The third-order valence-corrected chi connectivity index (χ3v) is 8.56. The number of hydrogen-bond acceptors (Lipinski definition) is 7. The van der Waals surface area contributed by atoms with Crippen LogP contribution in [-0.4, -0.2) is 62.8 Å². The molecule has 0 aliphatic carbocycles. The van der Waals surface area contributed by atoms with Gasteiger partial charge in [-0.2, -0.15) is 4.31 Å². The Kier molecular flexibility index (Phi) is 7.60. The third kappa shape index (κ3) is 6.07. The van der Waals surface area contributed by atoms with Crippen molar-refractivity contribution in [2.24, 2.45) is 0 Å². The molecule has 2 saturated heterocycles. The van der Waals surface area contributed by atoms with E-state index in [1.807, 2.05) is 38.1 Å². The maximum atomic E-state index is 12.8. The minimum Gasteiger partial charge on any atom is -0.484 e. The van der Waals surface area contributed by atoms with Crippen LogP contribution in [0.25, 0.3) is 0 Å². The molecule has 0 saturated carbocycles. The minimum absolute atomic E-state index is 0.0146. The first-order valence-corrected chi connectivity index (χ1v) is 13.4. The predicted octanol–water partition coefficient (Wildman–Crippen LogP) is 2.18. The molecule has 2 aliphatic rings. The molecule has 178 valence electrons. The lowest BCUT2D eigenvalue weighted by Crippen LogP contribution is -2.42. The molecule has 2 N–H and O–H groups in total. The zero-order valence-corrected chi connectivity index (χ0v) is 20.4. The fourth-order valence-electron chi connectivity index (χ4n) is 3.91. The van der Waals surface area contributed by atoms with Crippen molar-refractivity contribution in [1.29, 1.82) is 0 Å². The van der Waals surface area contributed by atoms with E-state index >= 15 is 0 Å². The number of hydrogen-bond donors (Lipinski definition) is 2. The van der Waals surface area contributed by atoms with Crippen molar-refractivity contribution in [3.63, 3.8) is 0 Å². The number of aryl methyl sites for hydroxylation is 2. The molecule has 0 radical (unpaired) electrons. The summed E-state index contributed by atoms with van der Waals surface area (Å²) in [7, 11) is -3.51. The van der Waals surface area contributed by atoms with E-state index in [4.69, 9.17) is 9.47 Å². The van der Waals surface area contributed by atoms with E-state index in [0.29, 0.717) is 32.1 Å². The first-order valence-electron chi connectivity index (χ1n) is 10.9. The number of nitrogens with zero attached hydrogens (tertiary/aromatic N) is 1. The molecule has 2 heterocycles. The number of sulfonamides is 1. The highest BCUT2D eigenvalue weighted by molar-refractivity contribution is 8.00. The van der Waals surface area contributed by atoms with Gasteiger partial charge in [-0.3, -0.25) is 10.1 Å². The van der Waals surface area contributed by atoms with Crippen LogP contribution in [0.2, 0.25) is 0 Å². The number of carbonyl (C=O) groups excluding carboxylic acids is 1.